The number of rotatable bonds is 7. The van der Waals surface area contributed by atoms with Crippen molar-refractivity contribution in [3.63, 3.8) is 0 Å². The summed E-state index contributed by atoms with van der Waals surface area (Å²) >= 11 is 1.51. The molecule has 2 aromatic carbocycles. The van der Waals surface area contributed by atoms with E-state index in [1.165, 1.54) is 16.9 Å². The Bertz CT molecular complexity index is 842. The predicted molar refractivity (Wildman–Crippen MR) is 106 cm³/mol. The number of nitrogens with zero attached hydrogens (tertiary/aromatic N) is 1. The van der Waals surface area contributed by atoms with Gasteiger partial charge in [-0.1, -0.05) is 44.2 Å². The van der Waals surface area contributed by atoms with E-state index in [2.05, 4.69) is 24.1 Å². The average Bonchev–Trinajstić information content (AvgIpc) is 3.08. The number of carbonyl (C=O) groups excluding carboxylic acids is 1. The highest BCUT2D eigenvalue weighted by atomic mass is 32.1. The summed E-state index contributed by atoms with van der Waals surface area (Å²) in [5.74, 6) is 1.22. The highest BCUT2D eigenvalue weighted by molar-refractivity contribution is 7.09. The zero-order valence-corrected chi connectivity index (χ0v) is 15.8. The molecule has 1 aromatic heterocycles. The molecule has 0 radical (unpaired) electrons. The molecule has 0 aliphatic heterocycles. The molecule has 5 heteroatoms. The first-order valence-corrected chi connectivity index (χ1v) is 9.49. The molecule has 4 nitrogen and oxygen atoms in total. The van der Waals surface area contributed by atoms with Crippen molar-refractivity contribution in [1.29, 1.82) is 0 Å². The standard InChI is InChI=1S/C21H22N2O2S/c1-15(2)16-8-10-17(11-9-16)22-20(24)12-18-14-26-21(23-18)13-25-19-6-4-3-5-7-19/h3-11,14-15H,12-13H2,1-2H3,(H,22,24). The fourth-order valence-electron chi connectivity index (χ4n) is 2.48. The summed E-state index contributed by atoms with van der Waals surface area (Å²) in [5.41, 5.74) is 2.82. The molecule has 1 N–H and O–H groups in total. The number of thiazole rings is 1. The SMILES string of the molecule is CC(C)c1ccc(NC(=O)Cc2csc(COc3ccccc3)n2)cc1. The molecular weight excluding hydrogens is 344 g/mol. The average molecular weight is 366 g/mol. The van der Waals surface area contributed by atoms with Gasteiger partial charge in [0.25, 0.3) is 0 Å². The lowest BCUT2D eigenvalue weighted by Gasteiger charge is -2.08. The lowest BCUT2D eigenvalue weighted by atomic mass is 10.0. The molecule has 0 aliphatic rings. The van der Waals surface area contributed by atoms with Crippen LogP contribution in [0.3, 0.4) is 0 Å². The van der Waals surface area contributed by atoms with Crippen molar-refractivity contribution in [3.05, 3.63) is 76.2 Å². The number of carbonyl (C=O) groups is 1. The maximum Gasteiger partial charge on any atom is 0.230 e. The van der Waals surface area contributed by atoms with Crippen LogP contribution in [0.15, 0.2) is 60.0 Å². The monoisotopic (exact) mass is 366 g/mol. The number of hydrogen-bond acceptors (Lipinski definition) is 4. The molecule has 134 valence electrons. The number of amides is 1. The van der Waals surface area contributed by atoms with Crippen molar-refractivity contribution in [2.75, 3.05) is 5.32 Å². The smallest absolute Gasteiger partial charge is 0.230 e. The van der Waals surface area contributed by atoms with Crippen molar-refractivity contribution >= 4 is 22.9 Å². The van der Waals surface area contributed by atoms with Crippen LogP contribution in [0.25, 0.3) is 0 Å². The largest absolute Gasteiger partial charge is 0.486 e. The second-order valence-corrected chi connectivity index (χ2v) is 7.28. The fourth-order valence-corrected chi connectivity index (χ4v) is 3.18. The van der Waals surface area contributed by atoms with Crippen LogP contribution in [-0.4, -0.2) is 10.9 Å². The minimum Gasteiger partial charge on any atom is -0.486 e. The van der Waals surface area contributed by atoms with Gasteiger partial charge < -0.3 is 10.1 Å². The van der Waals surface area contributed by atoms with Gasteiger partial charge in [0.15, 0.2) is 0 Å². The lowest BCUT2D eigenvalue weighted by molar-refractivity contribution is -0.115. The highest BCUT2D eigenvalue weighted by Crippen LogP contribution is 2.18. The van der Waals surface area contributed by atoms with Gasteiger partial charge in [0.2, 0.25) is 5.91 Å². The molecule has 26 heavy (non-hydrogen) atoms. The Morgan fingerprint density at radius 1 is 1.12 bits per heavy atom. The first-order chi connectivity index (χ1) is 12.6. The van der Waals surface area contributed by atoms with Crippen LogP contribution in [0, 0.1) is 0 Å². The highest BCUT2D eigenvalue weighted by Gasteiger charge is 2.09. The first-order valence-electron chi connectivity index (χ1n) is 8.61. The molecule has 0 spiro atoms. The van der Waals surface area contributed by atoms with Gasteiger partial charge in [-0.2, -0.15) is 0 Å². The van der Waals surface area contributed by atoms with E-state index in [4.69, 9.17) is 4.74 Å². The number of benzene rings is 2. The van der Waals surface area contributed by atoms with Crippen molar-refractivity contribution in [2.45, 2.75) is 32.8 Å². The van der Waals surface area contributed by atoms with Crippen molar-refractivity contribution in [2.24, 2.45) is 0 Å². The number of para-hydroxylation sites is 1. The molecule has 0 fully saturated rings. The molecule has 1 heterocycles. The summed E-state index contributed by atoms with van der Waals surface area (Å²) in [6.07, 6.45) is 0.258. The van der Waals surface area contributed by atoms with Crippen molar-refractivity contribution in [1.82, 2.24) is 4.98 Å². The summed E-state index contributed by atoms with van der Waals surface area (Å²) in [5, 5.41) is 5.69. The van der Waals surface area contributed by atoms with Gasteiger partial charge in [-0.25, -0.2) is 4.98 Å². The summed E-state index contributed by atoms with van der Waals surface area (Å²) in [6.45, 7) is 4.71. The third-order valence-electron chi connectivity index (χ3n) is 3.91. The molecule has 3 aromatic rings. The van der Waals surface area contributed by atoms with Crippen LogP contribution in [-0.2, 0) is 17.8 Å². The molecular formula is C21H22N2O2S. The van der Waals surface area contributed by atoms with Crippen molar-refractivity contribution < 1.29 is 9.53 Å². The van der Waals surface area contributed by atoms with Gasteiger partial charge >= 0.3 is 0 Å². The topological polar surface area (TPSA) is 51.2 Å². The molecule has 0 bridgehead atoms. The Morgan fingerprint density at radius 3 is 2.54 bits per heavy atom. The number of hydrogen-bond donors (Lipinski definition) is 1. The second kappa shape index (κ2) is 8.63. The summed E-state index contributed by atoms with van der Waals surface area (Å²) in [7, 11) is 0. The number of nitrogens with one attached hydrogen (secondary N) is 1. The lowest BCUT2D eigenvalue weighted by Crippen LogP contribution is -2.14. The normalized spacial score (nSPS) is 10.7. The van der Waals surface area contributed by atoms with E-state index in [0.29, 0.717) is 12.5 Å². The first kappa shape index (κ1) is 18.1. The van der Waals surface area contributed by atoms with Gasteiger partial charge in [-0.3, -0.25) is 4.79 Å². The van der Waals surface area contributed by atoms with Gasteiger partial charge in [0.05, 0.1) is 12.1 Å². The van der Waals surface area contributed by atoms with E-state index in [-0.39, 0.29) is 12.3 Å². The van der Waals surface area contributed by atoms with E-state index in [1.807, 2.05) is 60.0 Å². The van der Waals surface area contributed by atoms with Crippen LogP contribution in [0.4, 0.5) is 5.69 Å². The Morgan fingerprint density at radius 2 is 1.85 bits per heavy atom. The molecule has 0 atom stereocenters. The van der Waals surface area contributed by atoms with Gasteiger partial charge in [-0.15, -0.1) is 11.3 Å². The molecule has 0 aliphatic carbocycles. The summed E-state index contributed by atoms with van der Waals surface area (Å²) in [6, 6.07) is 17.6. The Labute approximate surface area is 157 Å². The van der Waals surface area contributed by atoms with Gasteiger partial charge in [-0.05, 0) is 35.7 Å². The molecule has 3 rings (SSSR count). The zero-order valence-electron chi connectivity index (χ0n) is 14.9. The van der Waals surface area contributed by atoms with Gasteiger partial charge in [0.1, 0.15) is 17.4 Å². The minimum absolute atomic E-state index is 0.0666. The van der Waals surface area contributed by atoms with Crippen LogP contribution >= 0.6 is 11.3 Å². The molecule has 0 saturated heterocycles. The Kier molecular flexibility index (Phi) is 6.02. The fraction of sp³-hybridized carbons (Fsp3) is 0.238. The third kappa shape index (κ3) is 5.17. The van der Waals surface area contributed by atoms with Crippen molar-refractivity contribution in [3.8, 4) is 5.75 Å². The second-order valence-electron chi connectivity index (χ2n) is 6.34. The van der Waals surface area contributed by atoms with Crippen LogP contribution in [0.2, 0.25) is 0 Å². The van der Waals surface area contributed by atoms with E-state index in [9.17, 15) is 4.79 Å². The van der Waals surface area contributed by atoms with Crippen LogP contribution in [0.1, 0.15) is 36.0 Å². The Balaban J connectivity index is 1.51. The number of anilines is 1. The summed E-state index contributed by atoms with van der Waals surface area (Å²) in [4.78, 5) is 16.7. The molecule has 0 unspecified atom stereocenters. The van der Waals surface area contributed by atoms with E-state index < -0.39 is 0 Å². The summed E-state index contributed by atoms with van der Waals surface area (Å²) < 4.78 is 5.68. The minimum atomic E-state index is -0.0666. The maximum absolute atomic E-state index is 12.2. The van der Waals surface area contributed by atoms with E-state index >= 15 is 0 Å². The quantitative estimate of drug-likeness (QED) is 0.638. The zero-order chi connectivity index (χ0) is 18.4. The molecule has 0 saturated carbocycles. The van der Waals surface area contributed by atoms with E-state index in [1.54, 1.807) is 0 Å². The maximum atomic E-state index is 12.2. The van der Waals surface area contributed by atoms with Crippen LogP contribution in [0.5, 0.6) is 5.75 Å². The van der Waals surface area contributed by atoms with Crippen LogP contribution < -0.4 is 10.1 Å². The molecule has 1 amide bonds. The Hall–Kier alpha value is -2.66. The third-order valence-corrected chi connectivity index (χ3v) is 4.78. The number of ether oxygens (including phenoxy) is 1. The predicted octanol–water partition coefficient (Wildman–Crippen LogP) is 5.03. The van der Waals surface area contributed by atoms with E-state index in [0.717, 1.165) is 22.1 Å². The number of aromatic nitrogens is 1. The van der Waals surface area contributed by atoms with Gasteiger partial charge in [0, 0.05) is 11.1 Å².